The number of anilines is 1. The number of carbonyl (C=O) groups excluding carboxylic acids is 1. The van der Waals surface area contributed by atoms with E-state index in [2.05, 4.69) is 58.5 Å². The second kappa shape index (κ2) is 9.12. The number of amides is 1. The molecule has 164 valence electrons. The number of fused-ring (bicyclic) bond motifs is 1. The van der Waals surface area contributed by atoms with Crippen LogP contribution in [0.5, 0.6) is 0 Å². The minimum atomic E-state index is -0.0851. The zero-order chi connectivity index (χ0) is 22.8. The fourth-order valence-corrected chi connectivity index (χ4v) is 4.30. The van der Waals surface area contributed by atoms with Gasteiger partial charge in [-0.15, -0.1) is 5.10 Å². The lowest BCUT2D eigenvalue weighted by molar-refractivity contribution is -0.113. The molecule has 6 nitrogen and oxygen atoms in total. The number of benzene rings is 2. The van der Waals surface area contributed by atoms with E-state index in [0.29, 0.717) is 10.9 Å². The summed E-state index contributed by atoms with van der Waals surface area (Å²) in [5.41, 5.74) is 8.76. The molecule has 2 aromatic carbocycles. The number of rotatable bonds is 6. The van der Waals surface area contributed by atoms with Crippen molar-refractivity contribution < 1.29 is 4.79 Å². The van der Waals surface area contributed by atoms with Crippen molar-refractivity contribution in [3.8, 4) is 0 Å². The maximum Gasteiger partial charge on any atom is 0.253 e. The third-order valence-electron chi connectivity index (χ3n) is 5.62. The third kappa shape index (κ3) is 4.83. The van der Waals surface area contributed by atoms with Crippen molar-refractivity contribution in [2.45, 2.75) is 46.2 Å². The highest BCUT2D eigenvalue weighted by Gasteiger charge is 2.15. The molecule has 0 unspecified atom stereocenters. The molecule has 0 aliphatic heterocycles. The smallest absolute Gasteiger partial charge is 0.253 e. The van der Waals surface area contributed by atoms with Gasteiger partial charge >= 0.3 is 0 Å². The highest BCUT2D eigenvalue weighted by atomic mass is 32.2. The summed E-state index contributed by atoms with van der Waals surface area (Å²) in [5.74, 6) is 0.709. The fraction of sp³-hybridized carbons (Fsp3) is 0.280. The predicted octanol–water partition coefficient (Wildman–Crippen LogP) is 4.99. The molecule has 0 radical (unpaired) electrons. The van der Waals surface area contributed by atoms with Crippen molar-refractivity contribution in [3.63, 3.8) is 0 Å². The van der Waals surface area contributed by atoms with Gasteiger partial charge in [0.05, 0.1) is 5.75 Å². The van der Waals surface area contributed by atoms with Gasteiger partial charge in [-0.3, -0.25) is 4.79 Å². The molecule has 2 heterocycles. The first-order valence-electron chi connectivity index (χ1n) is 10.6. The molecule has 0 atom stereocenters. The summed E-state index contributed by atoms with van der Waals surface area (Å²) >= 11 is 1.31. The fourth-order valence-electron chi connectivity index (χ4n) is 3.68. The zero-order valence-electron chi connectivity index (χ0n) is 19.1. The van der Waals surface area contributed by atoms with Crippen LogP contribution in [0.15, 0.2) is 47.6 Å². The summed E-state index contributed by atoms with van der Waals surface area (Å²) in [7, 11) is 0. The Balaban J connectivity index is 1.49. The molecule has 4 rings (SSSR count). The van der Waals surface area contributed by atoms with Crippen molar-refractivity contribution in [1.29, 1.82) is 0 Å². The largest absolute Gasteiger partial charge is 0.325 e. The monoisotopic (exact) mass is 445 g/mol. The minimum absolute atomic E-state index is 0.0851. The van der Waals surface area contributed by atoms with Gasteiger partial charge in [0.15, 0.2) is 0 Å². The minimum Gasteiger partial charge on any atom is -0.325 e. The molecule has 1 amide bonds. The van der Waals surface area contributed by atoms with Gasteiger partial charge in [-0.2, -0.15) is 4.98 Å². The molecule has 0 spiro atoms. The normalized spacial score (nSPS) is 11.2. The second-order valence-electron chi connectivity index (χ2n) is 8.17. The van der Waals surface area contributed by atoms with Crippen LogP contribution in [0.1, 0.15) is 39.2 Å². The number of thioether (sulfide) groups is 1. The maximum absolute atomic E-state index is 12.4. The lowest BCUT2D eigenvalue weighted by Gasteiger charge is -2.10. The SMILES string of the molecule is Cc1cccc(Cc2c(C)nc3nc(SCC(=O)Nc4ccc(C)c(C)c4)nn3c2C)c1. The van der Waals surface area contributed by atoms with E-state index in [4.69, 9.17) is 0 Å². The number of aromatic nitrogens is 4. The Morgan fingerprint density at radius 1 is 1.00 bits per heavy atom. The van der Waals surface area contributed by atoms with E-state index >= 15 is 0 Å². The highest BCUT2D eigenvalue weighted by Crippen LogP contribution is 2.21. The summed E-state index contributed by atoms with van der Waals surface area (Å²) in [6.45, 7) is 10.2. The van der Waals surface area contributed by atoms with E-state index in [1.54, 1.807) is 4.52 Å². The number of aryl methyl sites for hydroxylation is 5. The van der Waals surface area contributed by atoms with Crippen LogP contribution in [0.3, 0.4) is 0 Å². The van der Waals surface area contributed by atoms with Gasteiger partial charge in [0.1, 0.15) is 0 Å². The molecule has 0 saturated heterocycles. The maximum atomic E-state index is 12.4. The molecule has 1 N–H and O–H groups in total. The van der Waals surface area contributed by atoms with E-state index in [9.17, 15) is 4.79 Å². The Morgan fingerprint density at radius 2 is 1.81 bits per heavy atom. The molecule has 7 heteroatoms. The van der Waals surface area contributed by atoms with Gasteiger partial charge in [0.2, 0.25) is 11.1 Å². The van der Waals surface area contributed by atoms with Crippen LogP contribution in [0.2, 0.25) is 0 Å². The molecule has 0 aliphatic rings. The van der Waals surface area contributed by atoms with Crippen molar-refractivity contribution in [2.75, 3.05) is 11.1 Å². The van der Waals surface area contributed by atoms with E-state index < -0.39 is 0 Å². The number of nitrogens with zero attached hydrogens (tertiary/aromatic N) is 4. The number of carbonyl (C=O) groups is 1. The van der Waals surface area contributed by atoms with Crippen molar-refractivity contribution in [3.05, 3.63) is 81.7 Å². The number of nitrogens with one attached hydrogen (secondary N) is 1. The van der Waals surface area contributed by atoms with Crippen LogP contribution in [0.4, 0.5) is 5.69 Å². The summed E-state index contributed by atoms with van der Waals surface area (Å²) in [5, 5.41) is 8.09. The molecular weight excluding hydrogens is 418 g/mol. The molecule has 4 aromatic rings. The summed E-state index contributed by atoms with van der Waals surface area (Å²) < 4.78 is 1.78. The Morgan fingerprint density at radius 3 is 2.56 bits per heavy atom. The van der Waals surface area contributed by atoms with E-state index in [0.717, 1.165) is 34.6 Å². The van der Waals surface area contributed by atoms with Crippen molar-refractivity contribution in [2.24, 2.45) is 0 Å². The van der Waals surface area contributed by atoms with Gasteiger partial charge in [-0.25, -0.2) is 9.50 Å². The zero-order valence-corrected chi connectivity index (χ0v) is 19.9. The van der Waals surface area contributed by atoms with E-state index in [1.165, 1.54) is 28.5 Å². The summed E-state index contributed by atoms with van der Waals surface area (Å²) in [6.07, 6.45) is 0.795. The lowest BCUT2D eigenvalue weighted by atomic mass is 10.0. The first-order chi connectivity index (χ1) is 15.3. The van der Waals surface area contributed by atoms with Gasteiger partial charge in [-0.1, -0.05) is 47.7 Å². The second-order valence-corrected chi connectivity index (χ2v) is 9.11. The van der Waals surface area contributed by atoms with Gasteiger partial charge in [0.25, 0.3) is 5.78 Å². The number of hydrogen-bond donors (Lipinski definition) is 1. The van der Waals surface area contributed by atoms with Crippen LogP contribution in [-0.2, 0) is 11.2 Å². The first-order valence-corrected chi connectivity index (χ1v) is 11.6. The quantitative estimate of drug-likeness (QED) is 0.424. The molecule has 2 aromatic heterocycles. The average molecular weight is 446 g/mol. The van der Waals surface area contributed by atoms with Crippen molar-refractivity contribution in [1.82, 2.24) is 19.6 Å². The number of hydrogen-bond acceptors (Lipinski definition) is 5. The molecule has 0 bridgehead atoms. The van der Waals surface area contributed by atoms with Crippen molar-refractivity contribution >= 4 is 29.1 Å². The standard InChI is InChI=1S/C25H27N5OS/c1-15-7-6-8-20(11-15)13-22-18(4)26-24-28-25(29-30(24)19(22)5)32-14-23(31)27-21-10-9-16(2)17(3)12-21/h6-12H,13-14H2,1-5H3,(H,27,31). The van der Waals surface area contributed by atoms with E-state index in [1.807, 2.05) is 39.0 Å². The Hall–Kier alpha value is -3.19. The van der Waals surface area contributed by atoms with Crippen LogP contribution in [-0.4, -0.2) is 31.2 Å². The lowest BCUT2D eigenvalue weighted by Crippen LogP contribution is -2.14. The predicted molar refractivity (Wildman–Crippen MR) is 130 cm³/mol. The van der Waals surface area contributed by atoms with Gasteiger partial charge < -0.3 is 5.32 Å². The van der Waals surface area contributed by atoms with Gasteiger partial charge in [-0.05, 0) is 69.0 Å². The highest BCUT2D eigenvalue weighted by molar-refractivity contribution is 7.99. The van der Waals surface area contributed by atoms with Crippen LogP contribution in [0, 0.1) is 34.6 Å². The average Bonchev–Trinajstić information content (AvgIpc) is 3.15. The van der Waals surface area contributed by atoms with Crippen LogP contribution >= 0.6 is 11.8 Å². The van der Waals surface area contributed by atoms with Crippen LogP contribution in [0.25, 0.3) is 5.78 Å². The molecule has 32 heavy (non-hydrogen) atoms. The third-order valence-corrected chi connectivity index (χ3v) is 6.45. The summed E-state index contributed by atoms with van der Waals surface area (Å²) in [6, 6.07) is 14.4. The topological polar surface area (TPSA) is 72.2 Å². The molecule has 0 saturated carbocycles. The molecule has 0 aliphatic carbocycles. The molecular formula is C25H27N5OS. The van der Waals surface area contributed by atoms with E-state index in [-0.39, 0.29) is 11.7 Å². The summed E-state index contributed by atoms with van der Waals surface area (Å²) in [4.78, 5) is 21.6. The Labute approximate surface area is 192 Å². The molecule has 0 fully saturated rings. The van der Waals surface area contributed by atoms with Crippen LogP contribution < -0.4 is 5.32 Å². The first kappa shape index (κ1) is 22.0. The Bertz CT molecular complexity index is 1310. The van der Waals surface area contributed by atoms with Gasteiger partial charge in [0, 0.05) is 23.5 Å². The Kier molecular flexibility index (Phi) is 6.28.